The molecule has 0 fully saturated rings. The van der Waals surface area contributed by atoms with Crippen molar-refractivity contribution in [2.24, 2.45) is 0 Å². The van der Waals surface area contributed by atoms with E-state index < -0.39 is 0 Å². The van der Waals surface area contributed by atoms with E-state index in [-0.39, 0.29) is 6.79 Å². The summed E-state index contributed by atoms with van der Waals surface area (Å²) in [5.41, 5.74) is 1.00. The summed E-state index contributed by atoms with van der Waals surface area (Å²) >= 11 is 2.20. The van der Waals surface area contributed by atoms with Gasteiger partial charge in [0.2, 0.25) is 0 Å². The van der Waals surface area contributed by atoms with Crippen molar-refractivity contribution in [2.75, 3.05) is 20.5 Å². The van der Waals surface area contributed by atoms with Crippen LogP contribution in [-0.4, -0.2) is 20.5 Å². The van der Waals surface area contributed by atoms with Crippen LogP contribution in [0, 0.1) is 3.57 Å². The highest BCUT2D eigenvalue weighted by Crippen LogP contribution is 2.34. The summed E-state index contributed by atoms with van der Waals surface area (Å²) in [5.74, 6) is 1.41. The van der Waals surface area contributed by atoms with Gasteiger partial charge in [-0.25, -0.2) is 0 Å². The summed E-state index contributed by atoms with van der Waals surface area (Å²) in [7, 11) is 1.62. The highest BCUT2D eigenvalue weighted by Gasteiger charge is 2.10. The van der Waals surface area contributed by atoms with Gasteiger partial charge >= 0.3 is 0 Å². The Morgan fingerprint density at radius 3 is 2.75 bits per heavy atom. The zero-order valence-electron chi connectivity index (χ0n) is 9.46. The predicted octanol–water partition coefficient (Wildman–Crippen LogP) is 3.32. The molecule has 0 aliphatic carbocycles. The molecule has 0 aliphatic rings. The van der Waals surface area contributed by atoms with Crippen LogP contribution in [-0.2, 0) is 4.74 Å². The second-order valence-electron chi connectivity index (χ2n) is 2.99. The Hall–Kier alpha value is -0.750. The SMILES string of the molecule is C=Cc1cc(I)c(OCOCC)c(OC)c1. The van der Waals surface area contributed by atoms with Gasteiger partial charge in [0.25, 0.3) is 0 Å². The number of methoxy groups -OCH3 is 1. The molecule has 3 nitrogen and oxygen atoms in total. The zero-order chi connectivity index (χ0) is 12.0. The molecule has 0 radical (unpaired) electrons. The van der Waals surface area contributed by atoms with E-state index in [1.165, 1.54) is 0 Å². The summed E-state index contributed by atoms with van der Waals surface area (Å²) in [5, 5.41) is 0. The Bertz CT molecular complexity index is 364. The largest absolute Gasteiger partial charge is 0.493 e. The molecule has 0 atom stereocenters. The van der Waals surface area contributed by atoms with Crippen molar-refractivity contribution in [1.29, 1.82) is 0 Å². The Morgan fingerprint density at radius 1 is 1.44 bits per heavy atom. The summed E-state index contributed by atoms with van der Waals surface area (Å²) in [6.07, 6.45) is 1.77. The first kappa shape index (κ1) is 13.3. The number of hydrogen-bond acceptors (Lipinski definition) is 3. The molecular weight excluding hydrogens is 319 g/mol. The van der Waals surface area contributed by atoms with Crippen molar-refractivity contribution in [3.05, 3.63) is 27.8 Å². The van der Waals surface area contributed by atoms with Gasteiger partial charge in [-0.1, -0.05) is 12.7 Å². The second kappa shape index (κ2) is 6.75. The van der Waals surface area contributed by atoms with Crippen LogP contribution in [0.2, 0.25) is 0 Å². The van der Waals surface area contributed by atoms with Gasteiger partial charge in [0.1, 0.15) is 0 Å². The van der Waals surface area contributed by atoms with Gasteiger partial charge in [0, 0.05) is 6.61 Å². The van der Waals surface area contributed by atoms with Gasteiger partial charge in [0.15, 0.2) is 18.3 Å². The van der Waals surface area contributed by atoms with Crippen molar-refractivity contribution >= 4 is 28.7 Å². The number of rotatable bonds is 6. The van der Waals surface area contributed by atoms with E-state index in [9.17, 15) is 0 Å². The number of ether oxygens (including phenoxy) is 3. The Labute approximate surface area is 110 Å². The molecule has 0 heterocycles. The first-order chi connectivity index (χ1) is 7.72. The maximum absolute atomic E-state index is 5.51. The first-order valence-electron chi connectivity index (χ1n) is 4.93. The van der Waals surface area contributed by atoms with Crippen molar-refractivity contribution in [3.8, 4) is 11.5 Å². The molecule has 0 unspecified atom stereocenters. The van der Waals surface area contributed by atoms with E-state index in [4.69, 9.17) is 14.2 Å². The molecule has 0 saturated carbocycles. The Kier molecular flexibility index (Phi) is 5.62. The fourth-order valence-corrected chi connectivity index (χ4v) is 1.96. The Morgan fingerprint density at radius 2 is 2.19 bits per heavy atom. The molecule has 0 aromatic heterocycles. The second-order valence-corrected chi connectivity index (χ2v) is 4.16. The first-order valence-corrected chi connectivity index (χ1v) is 6.01. The molecule has 88 valence electrons. The highest BCUT2D eigenvalue weighted by molar-refractivity contribution is 14.1. The van der Waals surface area contributed by atoms with Crippen LogP contribution < -0.4 is 9.47 Å². The van der Waals surface area contributed by atoms with Crippen LogP contribution in [0.5, 0.6) is 11.5 Å². The van der Waals surface area contributed by atoms with Gasteiger partial charge in [-0.3, -0.25) is 0 Å². The van der Waals surface area contributed by atoms with Gasteiger partial charge < -0.3 is 14.2 Å². The molecule has 1 rings (SSSR count). The molecule has 0 N–H and O–H groups in total. The maximum Gasteiger partial charge on any atom is 0.189 e. The van der Waals surface area contributed by atoms with E-state index in [0.717, 1.165) is 9.13 Å². The molecule has 0 amide bonds. The lowest BCUT2D eigenvalue weighted by molar-refractivity contribution is 0.0203. The normalized spacial score (nSPS) is 9.94. The average molecular weight is 334 g/mol. The fraction of sp³-hybridized carbons (Fsp3) is 0.333. The van der Waals surface area contributed by atoms with Crippen LogP contribution in [0.4, 0.5) is 0 Å². The van der Waals surface area contributed by atoms with E-state index in [0.29, 0.717) is 18.1 Å². The zero-order valence-corrected chi connectivity index (χ0v) is 11.6. The number of hydrogen-bond donors (Lipinski definition) is 0. The van der Waals surface area contributed by atoms with Gasteiger partial charge in [0.05, 0.1) is 10.7 Å². The highest BCUT2D eigenvalue weighted by atomic mass is 127. The van der Waals surface area contributed by atoms with Crippen LogP contribution in [0.25, 0.3) is 6.08 Å². The minimum Gasteiger partial charge on any atom is -0.493 e. The molecule has 1 aromatic rings. The van der Waals surface area contributed by atoms with E-state index in [2.05, 4.69) is 29.2 Å². The number of halogens is 1. The average Bonchev–Trinajstić information content (AvgIpc) is 2.30. The predicted molar refractivity (Wildman–Crippen MR) is 72.9 cm³/mol. The van der Waals surface area contributed by atoms with E-state index in [1.54, 1.807) is 13.2 Å². The van der Waals surface area contributed by atoms with Crippen LogP contribution in [0.1, 0.15) is 12.5 Å². The Balaban J connectivity index is 2.92. The van der Waals surface area contributed by atoms with Crippen molar-refractivity contribution < 1.29 is 14.2 Å². The molecule has 0 spiro atoms. The minimum absolute atomic E-state index is 0.232. The molecular formula is C12H15IO3. The molecule has 4 heteroatoms. The van der Waals surface area contributed by atoms with Crippen molar-refractivity contribution in [1.82, 2.24) is 0 Å². The summed E-state index contributed by atoms with van der Waals surface area (Å²) < 4.78 is 16.9. The molecule has 16 heavy (non-hydrogen) atoms. The van der Waals surface area contributed by atoms with Crippen molar-refractivity contribution in [3.63, 3.8) is 0 Å². The van der Waals surface area contributed by atoms with Gasteiger partial charge in [-0.05, 0) is 47.2 Å². The third-order valence-corrected chi connectivity index (χ3v) is 2.78. The monoisotopic (exact) mass is 334 g/mol. The molecule has 0 aliphatic heterocycles. The van der Waals surface area contributed by atoms with Crippen LogP contribution in [0.15, 0.2) is 18.7 Å². The summed E-state index contributed by atoms with van der Waals surface area (Å²) in [6, 6.07) is 3.87. The molecule has 0 bridgehead atoms. The maximum atomic E-state index is 5.51. The third-order valence-electron chi connectivity index (χ3n) is 1.98. The van der Waals surface area contributed by atoms with Gasteiger partial charge in [-0.15, -0.1) is 0 Å². The summed E-state index contributed by atoms with van der Waals surface area (Å²) in [4.78, 5) is 0. The fourth-order valence-electron chi connectivity index (χ4n) is 1.18. The molecule has 0 saturated heterocycles. The lowest BCUT2D eigenvalue weighted by Crippen LogP contribution is -2.04. The van der Waals surface area contributed by atoms with Crippen molar-refractivity contribution in [2.45, 2.75) is 6.92 Å². The van der Waals surface area contributed by atoms with Crippen LogP contribution in [0.3, 0.4) is 0 Å². The minimum atomic E-state index is 0.232. The third kappa shape index (κ3) is 3.38. The lowest BCUT2D eigenvalue weighted by atomic mass is 10.2. The quantitative estimate of drug-likeness (QED) is 0.454. The topological polar surface area (TPSA) is 27.7 Å². The standard InChI is InChI=1S/C12H15IO3/c1-4-9-6-10(13)12(11(7-9)14-3)16-8-15-5-2/h4,6-7H,1,5,8H2,2-3H3. The van der Waals surface area contributed by atoms with E-state index in [1.807, 2.05) is 19.1 Å². The van der Waals surface area contributed by atoms with Gasteiger partial charge in [-0.2, -0.15) is 0 Å². The summed E-state index contributed by atoms with van der Waals surface area (Å²) in [6.45, 7) is 6.51. The van der Waals surface area contributed by atoms with E-state index >= 15 is 0 Å². The number of benzene rings is 1. The smallest absolute Gasteiger partial charge is 0.189 e. The lowest BCUT2D eigenvalue weighted by Gasteiger charge is -2.13. The van der Waals surface area contributed by atoms with Crippen LogP contribution >= 0.6 is 22.6 Å². The molecule has 1 aromatic carbocycles.